The zero-order valence-electron chi connectivity index (χ0n) is 15.9. The standard InChI is InChI=1S/C22H17N3O4/c1-3-13-4-5-16-15(11-13)20(26)18-19(14-6-8-23-9-7-14)25(22(27)21(18)28-16)17-10-12(2)29-24-17/h4-11,19H,3H2,1-2H3/t19-/m0/s1. The molecule has 7 nitrogen and oxygen atoms in total. The lowest BCUT2D eigenvalue weighted by Crippen LogP contribution is -2.29. The van der Waals surface area contributed by atoms with Gasteiger partial charge in [0.2, 0.25) is 5.76 Å². The Hall–Kier alpha value is -3.74. The van der Waals surface area contributed by atoms with Crippen LogP contribution in [0.3, 0.4) is 0 Å². The molecule has 1 atom stereocenters. The molecule has 5 rings (SSSR count). The summed E-state index contributed by atoms with van der Waals surface area (Å²) in [7, 11) is 0. The lowest BCUT2D eigenvalue weighted by atomic mass is 9.98. The first-order chi connectivity index (χ1) is 14.1. The van der Waals surface area contributed by atoms with E-state index in [1.165, 1.54) is 4.90 Å². The summed E-state index contributed by atoms with van der Waals surface area (Å²) in [6, 6.07) is 10.0. The third-order valence-electron chi connectivity index (χ3n) is 5.23. The number of aromatic nitrogens is 2. The Morgan fingerprint density at radius 2 is 1.90 bits per heavy atom. The number of benzene rings is 1. The summed E-state index contributed by atoms with van der Waals surface area (Å²) < 4.78 is 11.1. The zero-order chi connectivity index (χ0) is 20.1. The van der Waals surface area contributed by atoms with Gasteiger partial charge in [0.15, 0.2) is 11.2 Å². The lowest BCUT2D eigenvalue weighted by Gasteiger charge is -2.22. The number of aryl methyl sites for hydroxylation is 2. The molecule has 0 bridgehead atoms. The van der Waals surface area contributed by atoms with Crippen molar-refractivity contribution in [2.45, 2.75) is 26.3 Å². The minimum absolute atomic E-state index is 0.0363. The Morgan fingerprint density at radius 3 is 2.59 bits per heavy atom. The molecule has 1 aliphatic heterocycles. The van der Waals surface area contributed by atoms with Gasteiger partial charge in [-0.15, -0.1) is 0 Å². The van der Waals surface area contributed by atoms with E-state index in [0.717, 1.165) is 17.5 Å². The quantitative estimate of drug-likeness (QED) is 0.531. The summed E-state index contributed by atoms with van der Waals surface area (Å²) in [5.41, 5.74) is 2.26. The van der Waals surface area contributed by atoms with Gasteiger partial charge in [-0.2, -0.15) is 0 Å². The molecule has 1 aliphatic rings. The number of rotatable bonds is 3. The molecule has 0 N–H and O–H groups in total. The molecule has 4 heterocycles. The van der Waals surface area contributed by atoms with E-state index in [0.29, 0.717) is 28.1 Å². The highest BCUT2D eigenvalue weighted by molar-refractivity contribution is 6.10. The van der Waals surface area contributed by atoms with Crippen molar-refractivity contribution in [3.63, 3.8) is 0 Å². The molecule has 7 heteroatoms. The van der Waals surface area contributed by atoms with Gasteiger partial charge in [0.05, 0.1) is 17.0 Å². The van der Waals surface area contributed by atoms with Crippen molar-refractivity contribution < 1.29 is 13.7 Å². The maximum Gasteiger partial charge on any atom is 0.296 e. The number of anilines is 1. The molecular weight excluding hydrogens is 370 g/mol. The van der Waals surface area contributed by atoms with Gasteiger partial charge in [-0.25, -0.2) is 0 Å². The Morgan fingerprint density at radius 1 is 1.10 bits per heavy atom. The molecule has 4 aromatic rings. The second-order valence-corrected chi connectivity index (χ2v) is 7.01. The zero-order valence-corrected chi connectivity index (χ0v) is 15.9. The topological polar surface area (TPSA) is 89.4 Å². The lowest BCUT2D eigenvalue weighted by molar-refractivity contribution is 0.0969. The number of carbonyl (C=O) groups is 1. The molecule has 29 heavy (non-hydrogen) atoms. The van der Waals surface area contributed by atoms with Crippen LogP contribution in [0.15, 0.2) is 62.5 Å². The number of hydrogen-bond acceptors (Lipinski definition) is 6. The summed E-state index contributed by atoms with van der Waals surface area (Å²) >= 11 is 0. The number of carbonyl (C=O) groups excluding carboxylic acids is 1. The number of amides is 1. The van der Waals surface area contributed by atoms with Gasteiger partial charge in [-0.3, -0.25) is 19.5 Å². The van der Waals surface area contributed by atoms with Crippen LogP contribution in [0.4, 0.5) is 5.82 Å². The molecule has 0 saturated carbocycles. The highest BCUT2D eigenvalue weighted by atomic mass is 16.5. The van der Waals surface area contributed by atoms with Crippen molar-refractivity contribution in [3.05, 3.63) is 87.2 Å². The first-order valence-corrected chi connectivity index (χ1v) is 9.35. The first-order valence-electron chi connectivity index (χ1n) is 9.35. The predicted octanol–water partition coefficient (Wildman–Crippen LogP) is 3.80. The molecule has 144 valence electrons. The third-order valence-corrected chi connectivity index (χ3v) is 5.23. The first kappa shape index (κ1) is 17.4. The fourth-order valence-corrected chi connectivity index (χ4v) is 3.80. The fraction of sp³-hybridized carbons (Fsp3) is 0.182. The van der Waals surface area contributed by atoms with Crippen LogP contribution in [0.1, 0.15) is 46.0 Å². The average molecular weight is 387 g/mol. The van der Waals surface area contributed by atoms with Crippen molar-refractivity contribution >= 4 is 22.7 Å². The van der Waals surface area contributed by atoms with Crippen LogP contribution in [0.5, 0.6) is 0 Å². The van der Waals surface area contributed by atoms with Crippen molar-refractivity contribution in [1.29, 1.82) is 0 Å². The van der Waals surface area contributed by atoms with E-state index in [2.05, 4.69) is 10.1 Å². The molecule has 0 saturated heterocycles. The van der Waals surface area contributed by atoms with E-state index in [-0.39, 0.29) is 11.2 Å². The summed E-state index contributed by atoms with van der Waals surface area (Å²) in [6.45, 7) is 3.77. The average Bonchev–Trinajstić information content (AvgIpc) is 3.30. The summed E-state index contributed by atoms with van der Waals surface area (Å²) in [5, 5.41) is 4.47. The van der Waals surface area contributed by atoms with Gasteiger partial charge in [-0.05, 0) is 48.7 Å². The monoisotopic (exact) mass is 387 g/mol. The van der Waals surface area contributed by atoms with E-state index in [1.54, 1.807) is 43.6 Å². The van der Waals surface area contributed by atoms with Crippen LogP contribution in [-0.4, -0.2) is 16.0 Å². The molecule has 1 aromatic carbocycles. The normalized spacial score (nSPS) is 15.9. The minimum Gasteiger partial charge on any atom is -0.450 e. The van der Waals surface area contributed by atoms with Gasteiger partial charge in [0.25, 0.3) is 5.91 Å². The van der Waals surface area contributed by atoms with E-state index < -0.39 is 11.9 Å². The van der Waals surface area contributed by atoms with E-state index in [1.807, 2.05) is 19.1 Å². The van der Waals surface area contributed by atoms with Crippen LogP contribution in [0, 0.1) is 6.92 Å². The summed E-state index contributed by atoms with van der Waals surface area (Å²) in [5.74, 6) is 0.510. The highest BCUT2D eigenvalue weighted by Gasteiger charge is 2.44. The maximum absolute atomic E-state index is 13.5. The highest BCUT2D eigenvalue weighted by Crippen LogP contribution is 2.40. The van der Waals surface area contributed by atoms with Crippen molar-refractivity contribution in [3.8, 4) is 0 Å². The maximum atomic E-state index is 13.5. The second-order valence-electron chi connectivity index (χ2n) is 7.01. The van der Waals surface area contributed by atoms with E-state index in [9.17, 15) is 9.59 Å². The van der Waals surface area contributed by atoms with Crippen molar-refractivity contribution in [2.75, 3.05) is 4.90 Å². The van der Waals surface area contributed by atoms with Gasteiger partial charge in [0.1, 0.15) is 11.3 Å². The molecule has 3 aromatic heterocycles. The van der Waals surface area contributed by atoms with Crippen molar-refractivity contribution in [2.24, 2.45) is 0 Å². The molecule has 1 amide bonds. The number of nitrogens with zero attached hydrogens (tertiary/aromatic N) is 3. The van der Waals surface area contributed by atoms with Crippen LogP contribution < -0.4 is 10.3 Å². The van der Waals surface area contributed by atoms with Crippen LogP contribution >= 0.6 is 0 Å². The van der Waals surface area contributed by atoms with Gasteiger partial charge in [-0.1, -0.05) is 18.1 Å². The fourth-order valence-electron chi connectivity index (χ4n) is 3.80. The third kappa shape index (κ3) is 2.58. The summed E-state index contributed by atoms with van der Waals surface area (Å²) in [4.78, 5) is 32.3. The van der Waals surface area contributed by atoms with Crippen LogP contribution in [0.2, 0.25) is 0 Å². The van der Waals surface area contributed by atoms with Gasteiger partial charge in [0, 0.05) is 18.5 Å². The predicted molar refractivity (Wildman–Crippen MR) is 106 cm³/mol. The van der Waals surface area contributed by atoms with Crippen LogP contribution in [0.25, 0.3) is 11.0 Å². The summed E-state index contributed by atoms with van der Waals surface area (Å²) in [6.07, 6.45) is 4.05. The Kier molecular flexibility index (Phi) is 3.84. The molecule has 0 unspecified atom stereocenters. The number of hydrogen-bond donors (Lipinski definition) is 0. The van der Waals surface area contributed by atoms with Crippen molar-refractivity contribution in [1.82, 2.24) is 10.1 Å². The Balaban J connectivity index is 1.82. The number of fused-ring (bicyclic) bond motifs is 2. The number of pyridine rings is 1. The molecule has 0 radical (unpaired) electrons. The Labute approximate surface area is 165 Å². The van der Waals surface area contributed by atoms with Crippen LogP contribution in [-0.2, 0) is 6.42 Å². The Bertz CT molecular complexity index is 1310. The van der Waals surface area contributed by atoms with Gasteiger partial charge < -0.3 is 8.94 Å². The largest absolute Gasteiger partial charge is 0.450 e. The SMILES string of the molecule is CCc1ccc2oc3c(c(=O)c2c1)[C@H](c1ccncc1)N(c1cc(C)on1)C3=O. The van der Waals surface area contributed by atoms with E-state index in [4.69, 9.17) is 8.94 Å². The smallest absolute Gasteiger partial charge is 0.296 e. The van der Waals surface area contributed by atoms with E-state index >= 15 is 0 Å². The molecule has 0 aliphatic carbocycles. The molecule has 0 spiro atoms. The van der Waals surface area contributed by atoms with Gasteiger partial charge >= 0.3 is 0 Å². The molecular formula is C22H17N3O4. The second kappa shape index (κ2) is 6.41. The molecule has 0 fully saturated rings. The minimum atomic E-state index is -0.670.